The summed E-state index contributed by atoms with van der Waals surface area (Å²) >= 11 is 0. The van der Waals surface area contributed by atoms with E-state index < -0.39 is 8.56 Å². The summed E-state index contributed by atoms with van der Waals surface area (Å²) in [6.07, 6.45) is 22.2. The fourth-order valence-electron chi connectivity index (χ4n) is 5.03. The minimum Gasteiger partial charge on any atom is -0.397 e. The molecule has 25 heavy (non-hydrogen) atoms. The zero-order valence-corrected chi connectivity index (χ0v) is 18.2. The van der Waals surface area contributed by atoms with Crippen LogP contribution in [0.1, 0.15) is 110 Å². The Morgan fingerprint density at radius 3 is 2.00 bits per heavy atom. The third-order valence-corrected chi connectivity index (χ3v) is 11.0. The average Bonchev–Trinajstić information content (AvgIpc) is 2.69. The smallest absolute Gasteiger partial charge is 0.341 e. The second-order valence-electron chi connectivity index (χ2n) is 8.68. The Morgan fingerprint density at radius 1 is 0.760 bits per heavy atom. The lowest BCUT2D eigenvalue weighted by molar-refractivity contribution is 0.134. The molecule has 0 aromatic heterocycles. The summed E-state index contributed by atoms with van der Waals surface area (Å²) in [6, 6.07) is 1.24. The Hall–Kier alpha value is 0.137. The van der Waals surface area contributed by atoms with Crippen LogP contribution in [-0.4, -0.2) is 22.3 Å². The average molecular weight is 369 g/mol. The predicted octanol–water partition coefficient (Wildman–Crippen LogP) is 7.37. The zero-order valence-electron chi connectivity index (χ0n) is 17.2. The normalized spacial score (nSPS) is 22.8. The molecule has 2 fully saturated rings. The van der Waals surface area contributed by atoms with Crippen molar-refractivity contribution < 1.29 is 8.85 Å². The molecule has 0 saturated heterocycles. The zero-order chi connectivity index (χ0) is 17.8. The molecule has 2 nitrogen and oxygen atoms in total. The highest BCUT2D eigenvalue weighted by Gasteiger charge is 2.45. The Balaban J connectivity index is 1.86. The van der Waals surface area contributed by atoms with Gasteiger partial charge in [0, 0.05) is 19.3 Å². The molecule has 1 unspecified atom stereocenters. The van der Waals surface area contributed by atoms with Crippen LogP contribution in [0.4, 0.5) is 0 Å². The summed E-state index contributed by atoms with van der Waals surface area (Å²) in [6.45, 7) is 3.29. The van der Waals surface area contributed by atoms with Crippen LogP contribution in [0.15, 0.2) is 0 Å². The van der Waals surface area contributed by atoms with E-state index in [1.54, 1.807) is 0 Å². The van der Waals surface area contributed by atoms with Gasteiger partial charge in [-0.25, -0.2) is 0 Å². The summed E-state index contributed by atoms with van der Waals surface area (Å²) in [5.74, 6) is 0.809. The van der Waals surface area contributed by atoms with Crippen LogP contribution in [0.2, 0.25) is 11.6 Å². The summed E-state index contributed by atoms with van der Waals surface area (Å²) in [5, 5.41) is 0. The molecule has 0 bridgehead atoms. The van der Waals surface area contributed by atoms with Crippen molar-refractivity contribution in [2.75, 3.05) is 13.7 Å². The standard InChI is InChI=1S/C22H44O2Si/c1-3-4-5-6-7-14-19-25(23-2,22-17-12-9-13-18-22)24-20-21-15-10-8-11-16-21/h21-22H,3-20H2,1-2H3. The van der Waals surface area contributed by atoms with Crippen molar-refractivity contribution in [2.24, 2.45) is 5.92 Å². The number of unbranched alkanes of at least 4 members (excludes halogenated alkanes) is 5. The SMILES string of the molecule is CCCCCCCC[Si](OC)(OCC1CCCCC1)C1CCCCC1. The predicted molar refractivity (Wildman–Crippen MR) is 110 cm³/mol. The molecule has 2 rings (SSSR count). The van der Waals surface area contributed by atoms with E-state index in [0.29, 0.717) is 0 Å². The van der Waals surface area contributed by atoms with Crippen molar-refractivity contribution >= 4 is 8.56 Å². The van der Waals surface area contributed by atoms with Gasteiger partial charge in [-0.3, -0.25) is 0 Å². The van der Waals surface area contributed by atoms with Crippen molar-refractivity contribution in [2.45, 2.75) is 121 Å². The quantitative estimate of drug-likeness (QED) is 0.264. The molecule has 0 heterocycles. The highest BCUT2D eigenvalue weighted by Crippen LogP contribution is 2.41. The van der Waals surface area contributed by atoms with Gasteiger partial charge in [-0.2, -0.15) is 0 Å². The van der Waals surface area contributed by atoms with E-state index >= 15 is 0 Å². The first kappa shape index (κ1) is 21.4. The van der Waals surface area contributed by atoms with Gasteiger partial charge in [0.1, 0.15) is 0 Å². The maximum atomic E-state index is 6.80. The van der Waals surface area contributed by atoms with Gasteiger partial charge in [0.15, 0.2) is 0 Å². The van der Waals surface area contributed by atoms with Crippen LogP contribution in [0.25, 0.3) is 0 Å². The first-order valence-electron chi connectivity index (χ1n) is 11.5. The summed E-state index contributed by atoms with van der Waals surface area (Å²) in [5.41, 5.74) is 0.755. The Kier molecular flexibility index (Phi) is 10.7. The molecule has 1 atom stereocenters. The van der Waals surface area contributed by atoms with Gasteiger partial charge in [0.05, 0.1) is 0 Å². The number of hydrogen-bond acceptors (Lipinski definition) is 2. The van der Waals surface area contributed by atoms with Gasteiger partial charge in [-0.15, -0.1) is 0 Å². The minimum absolute atomic E-state index is 0.755. The van der Waals surface area contributed by atoms with Crippen LogP contribution < -0.4 is 0 Å². The molecule has 148 valence electrons. The van der Waals surface area contributed by atoms with Gasteiger partial charge in [0.25, 0.3) is 0 Å². The second kappa shape index (κ2) is 12.5. The molecule has 0 spiro atoms. The molecule has 0 aliphatic heterocycles. The van der Waals surface area contributed by atoms with Crippen LogP contribution in [0.5, 0.6) is 0 Å². The second-order valence-corrected chi connectivity index (χ2v) is 12.3. The third-order valence-electron chi connectivity index (χ3n) is 6.74. The van der Waals surface area contributed by atoms with Crippen molar-refractivity contribution in [3.8, 4) is 0 Å². The molecule has 0 N–H and O–H groups in total. The summed E-state index contributed by atoms with van der Waals surface area (Å²) < 4.78 is 13.1. The third kappa shape index (κ3) is 7.34. The van der Waals surface area contributed by atoms with Gasteiger partial charge in [-0.05, 0) is 37.6 Å². The minimum atomic E-state index is -2.02. The molecule has 0 aromatic rings. The first-order valence-corrected chi connectivity index (χ1v) is 13.6. The van der Waals surface area contributed by atoms with E-state index in [-0.39, 0.29) is 0 Å². The van der Waals surface area contributed by atoms with Crippen molar-refractivity contribution in [3.05, 3.63) is 0 Å². The molecule has 0 radical (unpaired) electrons. The topological polar surface area (TPSA) is 18.5 Å². The van der Waals surface area contributed by atoms with Crippen LogP contribution in [0, 0.1) is 5.92 Å². The molecule has 2 aliphatic carbocycles. The van der Waals surface area contributed by atoms with Crippen LogP contribution in [0.3, 0.4) is 0 Å². The van der Waals surface area contributed by atoms with Gasteiger partial charge < -0.3 is 8.85 Å². The fraction of sp³-hybridized carbons (Fsp3) is 1.00. The maximum absolute atomic E-state index is 6.80. The van der Waals surface area contributed by atoms with E-state index in [9.17, 15) is 0 Å². The van der Waals surface area contributed by atoms with Gasteiger partial charge >= 0.3 is 8.56 Å². The Morgan fingerprint density at radius 2 is 1.36 bits per heavy atom. The number of hydrogen-bond donors (Lipinski definition) is 0. The van der Waals surface area contributed by atoms with Gasteiger partial charge in [-0.1, -0.05) is 84.0 Å². The number of rotatable bonds is 12. The molecule has 2 saturated carbocycles. The van der Waals surface area contributed by atoms with E-state index in [4.69, 9.17) is 8.85 Å². The fourth-order valence-corrected chi connectivity index (χ4v) is 9.02. The van der Waals surface area contributed by atoms with Crippen molar-refractivity contribution in [1.29, 1.82) is 0 Å². The van der Waals surface area contributed by atoms with Gasteiger partial charge in [0.2, 0.25) is 0 Å². The maximum Gasteiger partial charge on any atom is 0.341 e. The van der Waals surface area contributed by atoms with E-state index in [2.05, 4.69) is 6.92 Å². The van der Waals surface area contributed by atoms with Crippen molar-refractivity contribution in [1.82, 2.24) is 0 Å². The molecule has 0 amide bonds. The molecule has 0 aromatic carbocycles. The Bertz CT molecular complexity index is 324. The summed E-state index contributed by atoms with van der Waals surface area (Å²) in [7, 11) is -0.0501. The monoisotopic (exact) mass is 368 g/mol. The Labute approximate surface area is 158 Å². The molecule has 2 aliphatic rings. The molecular formula is C22H44O2Si. The van der Waals surface area contributed by atoms with Crippen molar-refractivity contribution in [3.63, 3.8) is 0 Å². The first-order chi connectivity index (χ1) is 12.3. The highest BCUT2D eigenvalue weighted by atomic mass is 28.4. The lowest BCUT2D eigenvalue weighted by Gasteiger charge is -2.39. The lowest BCUT2D eigenvalue weighted by Crippen LogP contribution is -2.47. The van der Waals surface area contributed by atoms with E-state index in [0.717, 1.165) is 18.1 Å². The largest absolute Gasteiger partial charge is 0.397 e. The van der Waals surface area contributed by atoms with Crippen LogP contribution >= 0.6 is 0 Å². The van der Waals surface area contributed by atoms with Crippen LogP contribution in [-0.2, 0) is 8.85 Å². The van der Waals surface area contributed by atoms with E-state index in [1.165, 1.54) is 109 Å². The highest BCUT2D eigenvalue weighted by molar-refractivity contribution is 6.69. The van der Waals surface area contributed by atoms with E-state index in [1.807, 2.05) is 7.11 Å². The lowest BCUT2D eigenvalue weighted by atomic mass is 9.90. The summed E-state index contributed by atoms with van der Waals surface area (Å²) in [4.78, 5) is 0. The molecule has 3 heteroatoms. The molecular weight excluding hydrogens is 324 g/mol.